The van der Waals surface area contributed by atoms with Crippen molar-refractivity contribution in [3.05, 3.63) is 0 Å². The molecule has 1 amide bonds. The monoisotopic (exact) mass is 255 g/mol. The molecule has 0 radical (unpaired) electrons. The number of esters is 1. The Morgan fingerprint density at radius 1 is 1.22 bits per heavy atom. The number of rotatable bonds is 6. The van der Waals surface area contributed by atoms with E-state index in [0.717, 1.165) is 6.54 Å². The molecule has 104 valence electrons. The van der Waals surface area contributed by atoms with Crippen LogP contribution in [0.2, 0.25) is 0 Å². The molecule has 0 aromatic rings. The zero-order valence-electron chi connectivity index (χ0n) is 11.5. The molecule has 18 heavy (non-hydrogen) atoms. The second-order valence-corrected chi connectivity index (χ2v) is 5.13. The van der Waals surface area contributed by atoms with Crippen molar-refractivity contribution < 1.29 is 14.3 Å². The van der Waals surface area contributed by atoms with E-state index in [-0.39, 0.29) is 24.7 Å². The van der Waals surface area contributed by atoms with Gasteiger partial charge in [-0.15, -0.1) is 0 Å². The lowest BCUT2D eigenvalue weighted by Gasteiger charge is -2.28. The van der Waals surface area contributed by atoms with Gasteiger partial charge in [0.2, 0.25) is 5.91 Å². The summed E-state index contributed by atoms with van der Waals surface area (Å²) >= 11 is 0. The summed E-state index contributed by atoms with van der Waals surface area (Å²) in [5, 5.41) is 2.93. The normalized spacial score (nSPS) is 23.4. The van der Waals surface area contributed by atoms with Crippen LogP contribution in [0, 0.1) is 11.8 Å². The minimum atomic E-state index is -0.293. The Kier molecular flexibility index (Phi) is 6.76. The van der Waals surface area contributed by atoms with Gasteiger partial charge in [-0.25, -0.2) is 0 Å². The van der Waals surface area contributed by atoms with E-state index in [4.69, 9.17) is 4.74 Å². The van der Waals surface area contributed by atoms with E-state index < -0.39 is 0 Å². The van der Waals surface area contributed by atoms with Crippen molar-refractivity contribution in [1.29, 1.82) is 0 Å². The summed E-state index contributed by atoms with van der Waals surface area (Å²) < 4.78 is 4.78. The molecule has 0 heterocycles. The van der Waals surface area contributed by atoms with Crippen LogP contribution in [0.3, 0.4) is 0 Å². The van der Waals surface area contributed by atoms with Crippen LogP contribution < -0.4 is 5.32 Å². The van der Waals surface area contributed by atoms with E-state index in [2.05, 4.69) is 12.2 Å². The minimum Gasteiger partial charge on any atom is -0.466 e. The smallest absolute Gasteiger partial charge is 0.306 e. The fraction of sp³-hybridized carbons (Fsp3) is 0.857. The highest BCUT2D eigenvalue weighted by atomic mass is 16.5. The summed E-state index contributed by atoms with van der Waals surface area (Å²) in [7, 11) is 0. The predicted molar refractivity (Wildman–Crippen MR) is 70.0 cm³/mol. The first kappa shape index (κ1) is 15.0. The highest BCUT2D eigenvalue weighted by molar-refractivity contribution is 5.81. The first-order valence-corrected chi connectivity index (χ1v) is 7.05. The molecule has 1 N–H and O–H groups in total. The summed E-state index contributed by atoms with van der Waals surface area (Å²) in [5.41, 5.74) is 0. The molecule has 0 aromatic carbocycles. The Bertz CT molecular complexity index is 278. The highest BCUT2D eigenvalue weighted by Crippen LogP contribution is 2.28. The maximum Gasteiger partial charge on any atom is 0.306 e. The Labute approximate surface area is 109 Å². The van der Waals surface area contributed by atoms with Gasteiger partial charge in [-0.05, 0) is 25.2 Å². The van der Waals surface area contributed by atoms with Crippen LogP contribution in [0.4, 0.5) is 0 Å². The quantitative estimate of drug-likeness (QED) is 0.741. The number of nitrogens with one attached hydrogen (secondary N) is 1. The van der Waals surface area contributed by atoms with Crippen molar-refractivity contribution in [2.75, 3.05) is 13.2 Å². The third kappa shape index (κ3) is 5.52. The standard InChI is InChI=1S/C14H25NO3/c1-3-18-14(17)9-8-13(16)15-10-12-7-5-4-6-11(12)2/h11-12H,3-10H2,1-2H3,(H,15,16). The van der Waals surface area contributed by atoms with Crippen LogP contribution in [0.1, 0.15) is 52.4 Å². The Hall–Kier alpha value is -1.06. The number of hydrogen-bond donors (Lipinski definition) is 1. The van der Waals surface area contributed by atoms with Gasteiger partial charge in [0, 0.05) is 13.0 Å². The highest BCUT2D eigenvalue weighted by Gasteiger charge is 2.21. The molecule has 4 nitrogen and oxygen atoms in total. The third-order valence-electron chi connectivity index (χ3n) is 3.71. The van der Waals surface area contributed by atoms with Crippen molar-refractivity contribution in [3.8, 4) is 0 Å². The lowest BCUT2D eigenvalue weighted by molar-refractivity contribution is -0.144. The van der Waals surface area contributed by atoms with Crippen LogP contribution in [0.5, 0.6) is 0 Å². The Balaban J connectivity index is 2.14. The van der Waals surface area contributed by atoms with Gasteiger partial charge in [-0.2, -0.15) is 0 Å². The summed E-state index contributed by atoms with van der Waals surface area (Å²) in [5.74, 6) is 0.967. The molecule has 0 bridgehead atoms. The fourth-order valence-corrected chi connectivity index (χ4v) is 2.48. The molecule has 0 saturated heterocycles. The second kappa shape index (κ2) is 8.11. The number of amides is 1. The maximum atomic E-state index is 11.6. The largest absolute Gasteiger partial charge is 0.466 e. The second-order valence-electron chi connectivity index (χ2n) is 5.13. The summed E-state index contributed by atoms with van der Waals surface area (Å²) in [4.78, 5) is 22.7. The van der Waals surface area contributed by atoms with Crippen LogP contribution in [-0.2, 0) is 14.3 Å². The number of carbonyl (C=O) groups excluding carboxylic acids is 2. The molecular weight excluding hydrogens is 230 g/mol. The third-order valence-corrected chi connectivity index (χ3v) is 3.71. The average Bonchev–Trinajstić information content (AvgIpc) is 2.36. The van der Waals surface area contributed by atoms with Crippen LogP contribution in [0.15, 0.2) is 0 Å². The van der Waals surface area contributed by atoms with Crippen molar-refractivity contribution in [2.45, 2.75) is 52.4 Å². The van der Waals surface area contributed by atoms with Crippen LogP contribution in [0.25, 0.3) is 0 Å². The zero-order chi connectivity index (χ0) is 13.4. The molecule has 1 aliphatic rings. The SMILES string of the molecule is CCOC(=O)CCC(=O)NCC1CCCCC1C. The number of hydrogen-bond acceptors (Lipinski definition) is 3. The van der Waals surface area contributed by atoms with Crippen molar-refractivity contribution in [3.63, 3.8) is 0 Å². The molecule has 0 aliphatic heterocycles. The van der Waals surface area contributed by atoms with Gasteiger partial charge >= 0.3 is 5.97 Å². The molecule has 2 atom stereocenters. The zero-order valence-corrected chi connectivity index (χ0v) is 11.5. The van der Waals surface area contributed by atoms with Crippen molar-refractivity contribution in [1.82, 2.24) is 5.32 Å². The van der Waals surface area contributed by atoms with E-state index in [1.165, 1.54) is 25.7 Å². The van der Waals surface area contributed by atoms with Gasteiger partial charge in [-0.3, -0.25) is 9.59 Å². The maximum absolute atomic E-state index is 11.6. The van der Waals surface area contributed by atoms with Gasteiger partial charge in [-0.1, -0.05) is 26.2 Å². The van der Waals surface area contributed by atoms with Crippen LogP contribution in [-0.4, -0.2) is 25.0 Å². The van der Waals surface area contributed by atoms with E-state index in [9.17, 15) is 9.59 Å². The molecule has 1 aliphatic carbocycles. The minimum absolute atomic E-state index is 0.0409. The molecule has 0 spiro atoms. The van der Waals surface area contributed by atoms with Crippen molar-refractivity contribution >= 4 is 11.9 Å². The van der Waals surface area contributed by atoms with Gasteiger partial charge in [0.15, 0.2) is 0 Å². The predicted octanol–water partition coefficient (Wildman–Crippen LogP) is 2.27. The molecule has 1 rings (SSSR count). The Morgan fingerprint density at radius 2 is 1.94 bits per heavy atom. The summed E-state index contributed by atoms with van der Waals surface area (Å²) in [6.07, 6.45) is 5.48. The molecule has 0 aromatic heterocycles. The molecular formula is C14H25NO3. The lowest BCUT2D eigenvalue weighted by atomic mass is 9.80. The molecule has 1 fully saturated rings. The van der Waals surface area contributed by atoms with Crippen molar-refractivity contribution in [2.24, 2.45) is 11.8 Å². The lowest BCUT2D eigenvalue weighted by Crippen LogP contribution is -2.33. The summed E-state index contributed by atoms with van der Waals surface area (Å²) in [6, 6.07) is 0. The van der Waals surface area contributed by atoms with E-state index in [1.54, 1.807) is 6.92 Å². The molecule has 2 unspecified atom stereocenters. The Morgan fingerprint density at radius 3 is 2.61 bits per heavy atom. The summed E-state index contributed by atoms with van der Waals surface area (Å²) in [6.45, 7) is 5.15. The molecule has 1 saturated carbocycles. The number of carbonyl (C=O) groups is 2. The fourth-order valence-electron chi connectivity index (χ4n) is 2.48. The van der Waals surface area contributed by atoms with Gasteiger partial charge in [0.05, 0.1) is 13.0 Å². The van der Waals surface area contributed by atoms with E-state index in [1.807, 2.05) is 0 Å². The first-order chi connectivity index (χ1) is 8.63. The van der Waals surface area contributed by atoms with Gasteiger partial charge in [0.1, 0.15) is 0 Å². The average molecular weight is 255 g/mol. The van der Waals surface area contributed by atoms with Gasteiger partial charge in [0.25, 0.3) is 0 Å². The number of ether oxygens (including phenoxy) is 1. The van der Waals surface area contributed by atoms with Crippen LogP contribution >= 0.6 is 0 Å². The molecule has 4 heteroatoms. The first-order valence-electron chi connectivity index (χ1n) is 7.05. The van der Waals surface area contributed by atoms with E-state index in [0.29, 0.717) is 18.4 Å². The van der Waals surface area contributed by atoms with E-state index >= 15 is 0 Å². The topological polar surface area (TPSA) is 55.4 Å². The van der Waals surface area contributed by atoms with Gasteiger partial charge < -0.3 is 10.1 Å².